The summed E-state index contributed by atoms with van der Waals surface area (Å²) in [6.07, 6.45) is 6.67. The molecule has 1 aliphatic heterocycles. The maximum Gasteiger partial charge on any atom is 0.270 e. The number of thiazole rings is 1. The predicted octanol–water partition coefficient (Wildman–Crippen LogP) is 1.72. The molecular weight excluding hydrogens is 272 g/mol. The van der Waals surface area contributed by atoms with Crippen molar-refractivity contribution in [1.29, 1.82) is 0 Å². The van der Waals surface area contributed by atoms with Crippen LogP contribution in [-0.4, -0.2) is 41.5 Å². The van der Waals surface area contributed by atoms with E-state index in [4.69, 9.17) is 5.73 Å². The molecule has 0 spiro atoms. The smallest absolute Gasteiger partial charge is 0.270 e. The van der Waals surface area contributed by atoms with Crippen LogP contribution in [0.25, 0.3) is 0 Å². The molecule has 1 aromatic heterocycles. The molecule has 5 nitrogen and oxygen atoms in total. The number of carbonyl (C=O) groups excluding carboxylic acids is 1. The van der Waals surface area contributed by atoms with Crippen molar-refractivity contribution in [2.24, 2.45) is 5.92 Å². The fraction of sp³-hybridized carbons (Fsp3) is 0.714. The number of nitrogens with one attached hydrogen (secondary N) is 1. The molecule has 1 saturated heterocycles. The number of hydrogen-bond donors (Lipinski definition) is 2. The van der Waals surface area contributed by atoms with Crippen molar-refractivity contribution in [3.63, 3.8) is 0 Å². The first kappa shape index (κ1) is 13.8. The van der Waals surface area contributed by atoms with E-state index in [-0.39, 0.29) is 5.91 Å². The van der Waals surface area contributed by atoms with Gasteiger partial charge in [0.25, 0.3) is 5.91 Å². The standard InChI is InChI=1S/C14H22N4OS/c15-14-17-12(9-20-14)13(19)16-7-10-5-6-18(8-10)11-3-1-2-4-11/h9-11H,1-8H2,(H2,15,17)(H,16,19). The van der Waals surface area contributed by atoms with Gasteiger partial charge in [-0.15, -0.1) is 11.3 Å². The zero-order chi connectivity index (χ0) is 13.9. The van der Waals surface area contributed by atoms with Gasteiger partial charge >= 0.3 is 0 Å². The second-order valence-electron chi connectivity index (χ2n) is 5.87. The van der Waals surface area contributed by atoms with E-state index in [0.717, 1.165) is 19.1 Å². The average molecular weight is 294 g/mol. The number of amides is 1. The van der Waals surface area contributed by atoms with E-state index in [1.807, 2.05) is 0 Å². The molecule has 1 aliphatic carbocycles. The highest BCUT2D eigenvalue weighted by Gasteiger charge is 2.30. The van der Waals surface area contributed by atoms with Gasteiger partial charge in [0.05, 0.1) is 0 Å². The Kier molecular flexibility index (Phi) is 4.21. The van der Waals surface area contributed by atoms with Crippen LogP contribution >= 0.6 is 11.3 Å². The third-order valence-electron chi connectivity index (χ3n) is 4.46. The van der Waals surface area contributed by atoms with Gasteiger partial charge in [-0.2, -0.15) is 0 Å². The summed E-state index contributed by atoms with van der Waals surface area (Å²) in [5.74, 6) is 0.479. The van der Waals surface area contributed by atoms with Gasteiger partial charge < -0.3 is 16.0 Å². The zero-order valence-corrected chi connectivity index (χ0v) is 12.5. The Balaban J connectivity index is 1.44. The van der Waals surface area contributed by atoms with Crippen LogP contribution in [0.3, 0.4) is 0 Å². The summed E-state index contributed by atoms with van der Waals surface area (Å²) in [6, 6.07) is 0.800. The Bertz CT molecular complexity index is 469. The van der Waals surface area contributed by atoms with Crippen molar-refractivity contribution in [2.45, 2.75) is 38.1 Å². The largest absolute Gasteiger partial charge is 0.375 e. The lowest BCUT2D eigenvalue weighted by Crippen LogP contribution is -2.34. The van der Waals surface area contributed by atoms with Gasteiger partial charge in [0.15, 0.2) is 5.13 Å². The number of nitrogen functional groups attached to an aromatic ring is 1. The number of anilines is 1. The van der Waals surface area contributed by atoms with Crippen molar-refractivity contribution in [1.82, 2.24) is 15.2 Å². The topological polar surface area (TPSA) is 71.2 Å². The zero-order valence-electron chi connectivity index (χ0n) is 11.7. The van der Waals surface area contributed by atoms with Crippen LogP contribution in [0.5, 0.6) is 0 Å². The highest BCUT2D eigenvalue weighted by Crippen LogP contribution is 2.28. The lowest BCUT2D eigenvalue weighted by Gasteiger charge is -2.23. The number of hydrogen-bond acceptors (Lipinski definition) is 5. The molecule has 1 atom stereocenters. The van der Waals surface area contributed by atoms with Crippen molar-refractivity contribution >= 4 is 22.4 Å². The van der Waals surface area contributed by atoms with Gasteiger partial charge in [-0.25, -0.2) is 4.98 Å². The summed E-state index contributed by atoms with van der Waals surface area (Å²) in [4.78, 5) is 18.5. The van der Waals surface area contributed by atoms with E-state index in [0.29, 0.717) is 16.7 Å². The summed E-state index contributed by atoms with van der Waals surface area (Å²) >= 11 is 1.31. The van der Waals surface area contributed by atoms with Crippen LogP contribution in [0.15, 0.2) is 5.38 Å². The molecule has 3 N–H and O–H groups in total. The Hall–Kier alpha value is -1.14. The quantitative estimate of drug-likeness (QED) is 0.887. The minimum Gasteiger partial charge on any atom is -0.375 e. The Morgan fingerprint density at radius 1 is 1.45 bits per heavy atom. The summed E-state index contributed by atoms with van der Waals surface area (Å²) in [7, 11) is 0. The van der Waals surface area contributed by atoms with E-state index in [1.165, 1.54) is 50.0 Å². The van der Waals surface area contributed by atoms with Gasteiger partial charge in [-0.1, -0.05) is 12.8 Å². The molecule has 110 valence electrons. The van der Waals surface area contributed by atoms with Crippen LogP contribution in [-0.2, 0) is 0 Å². The van der Waals surface area contributed by atoms with Gasteiger partial charge in [0, 0.05) is 24.5 Å². The first-order valence-electron chi connectivity index (χ1n) is 7.45. The number of aromatic nitrogens is 1. The molecule has 20 heavy (non-hydrogen) atoms. The van der Waals surface area contributed by atoms with Crippen molar-refractivity contribution in [3.05, 3.63) is 11.1 Å². The van der Waals surface area contributed by atoms with Gasteiger partial charge in [0.1, 0.15) is 5.69 Å². The molecular formula is C14H22N4OS. The number of rotatable bonds is 4. The summed E-state index contributed by atoms with van der Waals surface area (Å²) in [5, 5.41) is 5.15. The first-order chi connectivity index (χ1) is 9.72. The van der Waals surface area contributed by atoms with E-state index in [2.05, 4.69) is 15.2 Å². The second kappa shape index (κ2) is 6.10. The van der Waals surface area contributed by atoms with Crippen LogP contribution in [0.4, 0.5) is 5.13 Å². The molecule has 0 aromatic carbocycles. The maximum absolute atomic E-state index is 11.9. The summed E-state index contributed by atoms with van der Waals surface area (Å²) < 4.78 is 0. The monoisotopic (exact) mass is 294 g/mol. The lowest BCUT2D eigenvalue weighted by atomic mass is 10.1. The minimum absolute atomic E-state index is 0.0998. The second-order valence-corrected chi connectivity index (χ2v) is 6.76. The highest BCUT2D eigenvalue weighted by atomic mass is 32.1. The predicted molar refractivity (Wildman–Crippen MR) is 80.8 cm³/mol. The van der Waals surface area contributed by atoms with Gasteiger partial charge in [-0.05, 0) is 31.7 Å². The normalized spacial score (nSPS) is 24.3. The van der Waals surface area contributed by atoms with Crippen molar-refractivity contribution in [2.75, 3.05) is 25.4 Å². The van der Waals surface area contributed by atoms with Crippen molar-refractivity contribution < 1.29 is 4.79 Å². The van der Waals surface area contributed by atoms with Crippen molar-refractivity contribution in [3.8, 4) is 0 Å². The molecule has 1 aromatic rings. The lowest BCUT2D eigenvalue weighted by molar-refractivity contribution is 0.0942. The summed E-state index contributed by atoms with van der Waals surface area (Å²) in [6.45, 7) is 3.07. The highest BCUT2D eigenvalue weighted by molar-refractivity contribution is 7.13. The number of nitrogens with two attached hydrogens (primary N) is 1. The minimum atomic E-state index is -0.0998. The summed E-state index contributed by atoms with van der Waals surface area (Å²) in [5.41, 5.74) is 5.99. The Labute approximate surface area is 123 Å². The van der Waals surface area contributed by atoms with Crippen LogP contribution in [0.2, 0.25) is 0 Å². The molecule has 3 rings (SSSR count). The van der Waals surface area contributed by atoms with E-state index in [1.54, 1.807) is 5.38 Å². The SMILES string of the molecule is Nc1nc(C(=O)NCC2CCN(C3CCCC3)C2)cs1. The number of likely N-dealkylation sites (tertiary alicyclic amines) is 1. The molecule has 0 bridgehead atoms. The Morgan fingerprint density at radius 3 is 2.95 bits per heavy atom. The molecule has 2 aliphatic rings. The van der Waals surface area contributed by atoms with Crippen LogP contribution < -0.4 is 11.1 Å². The third-order valence-corrected chi connectivity index (χ3v) is 5.14. The first-order valence-corrected chi connectivity index (χ1v) is 8.33. The number of nitrogens with zero attached hydrogens (tertiary/aromatic N) is 2. The molecule has 1 amide bonds. The fourth-order valence-corrected chi connectivity index (χ4v) is 3.89. The van der Waals surface area contributed by atoms with Gasteiger partial charge in [0.2, 0.25) is 0 Å². The number of carbonyl (C=O) groups is 1. The molecule has 1 saturated carbocycles. The molecule has 0 radical (unpaired) electrons. The van der Waals surface area contributed by atoms with Crippen LogP contribution in [0.1, 0.15) is 42.6 Å². The molecule has 1 unspecified atom stereocenters. The molecule has 2 fully saturated rings. The maximum atomic E-state index is 11.9. The molecule has 2 heterocycles. The van der Waals surface area contributed by atoms with E-state index in [9.17, 15) is 4.79 Å². The van der Waals surface area contributed by atoms with E-state index < -0.39 is 0 Å². The Morgan fingerprint density at radius 2 is 2.25 bits per heavy atom. The van der Waals surface area contributed by atoms with E-state index >= 15 is 0 Å². The van der Waals surface area contributed by atoms with Gasteiger partial charge in [-0.3, -0.25) is 4.79 Å². The fourth-order valence-electron chi connectivity index (χ4n) is 3.35. The average Bonchev–Trinajstić information content (AvgIpc) is 3.16. The molecule has 6 heteroatoms. The third kappa shape index (κ3) is 3.12. The van der Waals surface area contributed by atoms with Crippen LogP contribution in [0, 0.1) is 5.92 Å².